The van der Waals surface area contributed by atoms with Crippen molar-refractivity contribution in [3.05, 3.63) is 0 Å². The van der Waals surface area contributed by atoms with Gasteiger partial charge in [-0.1, -0.05) is 6.42 Å². The van der Waals surface area contributed by atoms with Gasteiger partial charge in [0.25, 0.3) is 0 Å². The first-order chi connectivity index (χ1) is 9.12. The molecule has 0 amide bonds. The van der Waals surface area contributed by atoms with Gasteiger partial charge in [0.2, 0.25) is 10.0 Å². The van der Waals surface area contributed by atoms with Gasteiger partial charge >= 0.3 is 0 Å². The van der Waals surface area contributed by atoms with Crippen LogP contribution in [0, 0.1) is 5.92 Å². The van der Waals surface area contributed by atoms with Crippen LogP contribution < -0.4 is 5.32 Å². The molecule has 0 aromatic carbocycles. The molecule has 19 heavy (non-hydrogen) atoms. The molecular formula is C13H26N2O3S. The van der Waals surface area contributed by atoms with Crippen LogP contribution in [-0.4, -0.2) is 55.9 Å². The Morgan fingerprint density at radius 1 is 1.21 bits per heavy atom. The molecule has 0 aromatic heterocycles. The zero-order chi connectivity index (χ0) is 13.7. The van der Waals surface area contributed by atoms with Gasteiger partial charge in [0, 0.05) is 25.7 Å². The van der Waals surface area contributed by atoms with Gasteiger partial charge in [0.05, 0.1) is 5.75 Å². The lowest BCUT2D eigenvalue weighted by Crippen LogP contribution is -2.38. The molecule has 2 fully saturated rings. The summed E-state index contributed by atoms with van der Waals surface area (Å²) in [7, 11) is -3.10. The number of hydrogen-bond acceptors (Lipinski definition) is 4. The van der Waals surface area contributed by atoms with Crippen molar-refractivity contribution >= 4 is 10.0 Å². The summed E-state index contributed by atoms with van der Waals surface area (Å²) in [6, 6.07) is 0.374. The summed E-state index contributed by atoms with van der Waals surface area (Å²) in [5.74, 6) is 0.601. The first-order valence-corrected chi connectivity index (χ1v) is 9.05. The maximum Gasteiger partial charge on any atom is 0.214 e. The molecule has 0 aliphatic carbocycles. The number of aliphatic hydroxyl groups excluding tert-OH is 1. The Bertz CT molecular complexity index is 366. The standard InChI is InChI=1S/C13H26N2O3S/c16-9-5-12-4-8-15(11-12)19(17,18)10-6-13-3-1-2-7-14-13/h12-14,16H,1-11H2. The molecule has 2 aliphatic heterocycles. The van der Waals surface area contributed by atoms with E-state index in [1.54, 1.807) is 4.31 Å². The highest BCUT2D eigenvalue weighted by Gasteiger charge is 2.31. The number of nitrogens with one attached hydrogen (secondary N) is 1. The van der Waals surface area contributed by atoms with Crippen LogP contribution in [0.15, 0.2) is 0 Å². The Kier molecular flexibility index (Phi) is 5.62. The fourth-order valence-corrected chi connectivity index (χ4v) is 4.72. The van der Waals surface area contributed by atoms with E-state index in [4.69, 9.17) is 5.11 Å². The molecule has 112 valence electrons. The Labute approximate surface area is 116 Å². The second kappa shape index (κ2) is 7.02. The van der Waals surface area contributed by atoms with Crippen LogP contribution in [0.1, 0.15) is 38.5 Å². The van der Waals surface area contributed by atoms with Crippen LogP contribution in [0.2, 0.25) is 0 Å². The molecule has 2 heterocycles. The number of aliphatic hydroxyl groups is 1. The molecule has 2 rings (SSSR count). The van der Waals surface area contributed by atoms with Crippen molar-refractivity contribution in [2.24, 2.45) is 5.92 Å². The number of sulfonamides is 1. The zero-order valence-corrected chi connectivity index (χ0v) is 12.4. The quantitative estimate of drug-likeness (QED) is 0.750. The highest BCUT2D eigenvalue weighted by atomic mass is 32.2. The SMILES string of the molecule is O=S(=O)(CCC1CCCCN1)N1CCC(CCO)C1. The zero-order valence-electron chi connectivity index (χ0n) is 11.6. The van der Waals surface area contributed by atoms with Gasteiger partial charge in [0.15, 0.2) is 0 Å². The van der Waals surface area contributed by atoms with Gasteiger partial charge in [-0.25, -0.2) is 12.7 Å². The van der Waals surface area contributed by atoms with Crippen LogP contribution in [0.3, 0.4) is 0 Å². The lowest BCUT2D eigenvalue weighted by Gasteiger charge is -2.24. The summed E-state index contributed by atoms with van der Waals surface area (Å²) in [5.41, 5.74) is 0. The summed E-state index contributed by atoms with van der Waals surface area (Å²) in [6.07, 6.45) is 5.85. The van der Waals surface area contributed by atoms with E-state index in [-0.39, 0.29) is 12.4 Å². The minimum absolute atomic E-state index is 0.157. The summed E-state index contributed by atoms with van der Waals surface area (Å²) < 4.78 is 26.1. The Morgan fingerprint density at radius 3 is 2.74 bits per heavy atom. The van der Waals surface area contributed by atoms with E-state index >= 15 is 0 Å². The van der Waals surface area contributed by atoms with Crippen molar-refractivity contribution in [1.29, 1.82) is 0 Å². The third-order valence-electron chi connectivity index (χ3n) is 4.32. The van der Waals surface area contributed by atoms with Crippen molar-refractivity contribution in [3.8, 4) is 0 Å². The second-order valence-electron chi connectivity index (χ2n) is 5.78. The Hall–Kier alpha value is -0.170. The first kappa shape index (κ1) is 15.2. The van der Waals surface area contributed by atoms with E-state index < -0.39 is 10.0 Å². The molecule has 2 unspecified atom stereocenters. The molecule has 2 N–H and O–H groups in total. The number of rotatable bonds is 6. The highest BCUT2D eigenvalue weighted by Crippen LogP contribution is 2.23. The van der Waals surface area contributed by atoms with Gasteiger partial charge in [-0.05, 0) is 44.6 Å². The summed E-state index contributed by atoms with van der Waals surface area (Å²) in [4.78, 5) is 0. The lowest BCUT2D eigenvalue weighted by atomic mass is 10.0. The Balaban J connectivity index is 1.78. The van der Waals surface area contributed by atoms with Crippen LogP contribution in [-0.2, 0) is 10.0 Å². The van der Waals surface area contributed by atoms with Crippen molar-refractivity contribution in [2.45, 2.75) is 44.6 Å². The van der Waals surface area contributed by atoms with Crippen LogP contribution >= 0.6 is 0 Å². The predicted octanol–water partition coefficient (Wildman–Crippen LogP) is 0.553. The molecule has 0 aromatic rings. The van der Waals surface area contributed by atoms with E-state index in [0.717, 1.165) is 32.2 Å². The summed E-state index contributed by atoms with van der Waals surface area (Å²) >= 11 is 0. The molecule has 0 spiro atoms. The van der Waals surface area contributed by atoms with E-state index in [1.165, 1.54) is 12.8 Å². The van der Waals surface area contributed by atoms with Gasteiger partial charge < -0.3 is 10.4 Å². The number of hydrogen-bond donors (Lipinski definition) is 2. The Morgan fingerprint density at radius 2 is 2.05 bits per heavy atom. The fourth-order valence-electron chi connectivity index (χ4n) is 3.06. The minimum Gasteiger partial charge on any atom is -0.396 e. The van der Waals surface area contributed by atoms with E-state index in [0.29, 0.717) is 25.0 Å². The normalized spacial score (nSPS) is 29.7. The van der Waals surface area contributed by atoms with Crippen LogP contribution in [0.5, 0.6) is 0 Å². The third kappa shape index (κ3) is 4.41. The average Bonchev–Trinajstić information content (AvgIpc) is 2.88. The molecule has 0 saturated carbocycles. The smallest absolute Gasteiger partial charge is 0.214 e. The van der Waals surface area contributed by atoms with Crippen LogP contribution in [0.4, 0.5) is 0 Å². The predicted molar refractivity (Wildman–Crippen MR) is 75.4 cm³/mol. The van der Waals surface area contributed by atoms with Gasteiger partial charge in [0.1, 0.15) is 0 Å². The molecule has 0 bridgehead atoms. The molecule has 0 radical (unpaired) electrons. The topological polar surface area (TPSA) is 69.6 Å². The maximum atomic E-state index is 12.3. The monoisotopic (exact) mass is 290 g/mol. The van der Waals surface area contributed by atoms with E-state index in [9.17, 15) is 8.42 Å². The van der Waals surface area contributed by atoms with E-state index in [1.807, 2.05) is 0 Å². The lowest BCUT2D eigenvalue weighted by molar-refractivity contribution is 0.259. The van der Waals surface area contributed by atoms with Gasteiger partial charge in [-0.2, -0.15) is 0 Å². The molecule has 2 saturated heterocycles. The third-order valence-corrected chi connectivity index (χ3v) is 6.19. The largest absolute Gasteiger partial charge is 0.396 e. The van der Waals surface area contributed by atoms with Gasteiger partial charge in [-0.3, -0.25) is 0 Å². The summed E-state index contributed by atoms with van der Waals surface area (Å²) in [6.45, 7) is 2.41. The highest BCUT2D eigenvalue weighted by molar-refractivity contribution is 7.89. The van der Waals surface area contributed by atoms with E-state index in [2.05, 4.69) is 5.32 Å². The first-order valence-electron chi connectivity index (χ1n) is 7.44. The van der Waals surface area contributed by atoms with Crippen molar-refractivity contribution < 1.29 is 13.5 Å². The van der Waals surface area contributed by atoms with Crippen molar-refractivity contribution in [1.82, 2.24) is 9.62 Å². The minimum atomic E-state index is -3.10. The molecule has 6 heteroatoms. The molecular weight excluding hydrogens is 264 g/mol. The van der Waals surface area contributed by atoms with Crippen LogP contribution in [0.25, 0.3) is 0 Å². The fraction of sp³-hybridized carbons (Fsp3) is 1.00. The number of nitrogens with zero attached hydrogens (tertiary/aromatic N) is 1. The summed E-state index contributed by atoms with van der Waals surface area (Å²) in [5, 5.41) is 12.3. The maximum absolute atomic E-state index is 12.3. The van der Waals surface area contributed by atoms with Crippen molar-refractivity contribution in [3.63, 3.8) is 0 Å². The second-order valence-corrected chi connectivity index (χ2v) is 7.86. The van der Waals surface area contributed by atoms with Gasteiger partial charge in [-0.15, -0.1) is 0 Å². The average molecular weight is 290 g/mol. The molecule has 2 atom stereocenters. The van der Waals surface area contributed by atoms with Crippen molar-refractivity contribution in [2.75, 3.05) is 32.0 Å². The number of piperidine rings is 1. The molecule has 2 aliphatic rings. The molecule has 5 nitrogen and oxygen atoms in total.